The fourth-order valence-corrected chi connectivity index (χ4v) is 6.94. The summed E-state index contributed by atoms with van der Waals surface area (Å²) in [6, 6.07) is 66.8. The molecule has 0 unspecified atom stereocenters. The minimum absolute atomic E-state index is 0.906. The lowest BCUT2D eigenvalue weighted by Gasteiger charge is -2.26. The van der Waals surface area contributed by atoms with Gasteiger partial charge in [-0.25, -0.2) is 0 Å². The molecule has 1 heterocycles. The van der Waals surface area contributed by atoms with Crippen molar-refractivity contribution in [1.82, 2.24) is 0 Å². The molecular formula is C46H31NO. The number of nitrogens with zero attached hydrogens (tertiary/aromatic N) is 1. The van der Waals surface area contributed by atoms with E-state index in [4.69, 9.17) is 4.74 Å². The van der Waals surface area contributed by atoms with Gasteiger partial charge in [-0.1, -0.05) is 140 Å². The van der Waals surface area contributed by atoms with Crippen LogP contribution in [0.2, 0.25) is 0 Å². The van der Waals surface area contributed by atoms with Crippen molar-refractivity contribution in [3.05, 3.63) is 188 Å². The van der Waals surface area contributed by atoms with Crippen LogP contribution in [0.3, 0.4) is 0 Å². The highest BCUT2D eigenvalue weighted by Crippen LogP contribution is 2.48. The summed E-state index contributed by atoms with van der Waals surface area (Å²) < 4.78 is 6.36. The standard InChI is InChI=1S/C46H31NO/c1-3-10-32(11-4-1)34-18-24-37(25-19-34)47(38-26-20-35(21-27-38)33-12-5-2-6-13-33)39-28-22-36(23-29-39)40-30-31-43-41-14-7-8-16-44(41)48-45-17-9-15-42(40)46(43)45/h1-31H. The SMILES string of the molecule is c1ccc(-c2ccc(N(c3ccc(-c4ccccc4)cc3)c3ccc(-c4ccc5c6c(cccc46)Oc4ccccc4-5)cc3)cc2)cc1. The molecule has 0 saturated carbocycles. The summed E-state index contributed by atoms with van der Waals surface area (Å²) >= 11 is 0. The van der Waals surface area contributed by atoms with Crippen molar-refractivity contribution in [2.45, 2.75) is 0 Å². The molecule has 0 saturated heterocycles. The highest BCUT2D eigenvalue weighted by Gasteiger charge is 2.21. The molecule has 1 aliphatic heterocycles. The summed E-state index contributed by atoms with van der Waals surface area (Å²) in [6.07, 6.45) is 0. The van der Waals surface area contributed by atoms with Gasteiger partial charge < -0.3 is 9.64 Å². The van der Waals surface area contributed by atoms with Crippen LogP contribution in [0.5, 0.6) is 11.5 Å². The number of para-hydroxylation sites is 1. The number of ether oxygens (including phenoxy) is 1. The van der Waals surface area contributed by atoms with Gasteiger partial charge in [0.2, 0.25) is 0 Å². The number of benzene rings is 8. The van der Waals surface area contributed by atoms with Crippen LogP contribution in [0.15, 0.2) is 188 Å². The minimum atomic E-state index is 0.906. The molecule has 2 heteroatoms. The molecule has 9 rings (SSSR count). The van der Waals surface area contributed by atoms with Gasteiger partial charge in [0, 0.05) is 28.0 Å². The molecule has 0 atom stereocenters. The van der Waals surface area contributed by atoms with Crippen molar-refractivity contribution in [3.63, 3.8) is 0 Å². The number of hydrogen-bond donors (Lipinski definition) is 0. The highest BCUT2D eigenvalue weighted by molar-refractivity contribution is 6.10. The molecule has 0 spiro atoms. The molecule has 8 aromatic rings. The van der Waals surface area contributed by atoms with Crippen molar-refractivity contribution < 1.29 is 4.74 Å². The molecule has 2 nitrogen and oxygen atoms in total. The van der Waals surface area contributed by atoms with Gasteiger partial charge >= 0.3 is 0 Å². The predicted molar refractivity (Wildman–Crippen MR) is 200 cm³/mol. The molecule has 0 aromatic heterocycles. The van der Waals surface area contributed by atoms with Crippen molar-refractivity contribution in [2.24, 2.45) is 0 Å². The average Bonchev–Trinajstić information content (AvgIpc) is 3.17. The smallest absolute Gasteiger partial charge is 0.135 e. The van der Waals surface area contributed by atoms with Crippen LogP contribution in [-0.2, 0) is 0 Å². The van der Waals surface area contributed by atoms with E-state index in [0.717, 1.165) is 39.5 Å². The lowest BCUT2D eigenvalue weighted by Crippen LogP contribution is -2.09. The molecule has 8 aromatic carbocycles. The Balaban J connectivity index is 1.11. The third kappa shape index (κ3) is 4.92. The van der Waals surface area contributed by atoms with Crippen LogP contribution < -0.4 is 9.64 Å². The van der Waals surface area contributed by atoms with Gasteiger partial charge in [-0.3, -0.25) is 0 Å². The van der Waals surface area contributed by atoms with Crippen molar-refractivity contribution in [3.8, 4) is 56.0 Å². The predicted octanol–water partition coefficient (Wildman–Crippen LogP) is 13.1. The quantitative estimate of drug-likeness (QED) is 0.185. The van der Waals surface area contributed by atoms with Crippen LogP contribution in [0, 0.1) is 0 Å². The zero-order valence-corrected chi connectivity index (χ0v) is 26.3. The van der Waals surface area contributed by atoms with Crippen LogP contribution >= 0.6 is 0 Å². The van der Waals surface area contributed by atoms with Gasteiger partial charge in [0.1, 0.15) is 11.5 Å². The lowest BCUT2D eigenvalue weighted by atomic mass is 9.90. The van der Waals surface area contributed by atoms with E-state index in [0.29, 0.717) is 0 Å². The van der Waals surface area contributed by atoms with E-state index in [2.05, 4.69) is 181 Å². The second-order valence-corrected chi connectivity index (χ2v) is 12.1. The van der Waals surface area contributed by atoms with Gasteiger partial charge in [-0.2, -0.15) is 0 Å². The Morgan fingerprint density at radius 3 is 1.33 bits per heavy atom. The topological polar surface area (TPSA) is 12.5 Å². The van der Waals surface area contributed by atoms with Crippen LogP contribution in [-0.4, -0.2) is 0 Å². The molecule has 0 radical (unpaired) electrons. The summed E-state index contributed by atoms with van der Waals surface area (Å²) in [6.45, 7) is 0. The Kier molecular flexibility index (Phi) is 6.84. The number of anilines is 3. The maximum absolute atomic E-state index is 6.36. The summed E-state index contributed by atoms with van der Waals surface area (Å²) in [5, 5.41) is 2.36. The minimum Gasteiger partial charge on any atom is -0.456 e. The van der Waals surface area contributed by atoms with E-state index in [-0.39, 0.29) is 0 Å². The normalized spacial score (nSPS) is 11.5. The maximum Gasteiger partial charge on any atom is 0.135 e. The Morgan fingerprint density at radius 1 is 0.292 bits per heavy atom. The third-order valence-electron chi connectivity index (χ3n) is 9.30. The Hall–Kier alpha value is -6.38. The van der Waals surface area contributed by atoms with E-state index in [1.165, 1.54) is 44.3 Å². The van der Waals surface area contributed by atoms with E-state index >= 15 is 0 Å². The Labute approximate surface area is 280 Å². The van der Waals surface area contributed by atoms with Gasteiger partial charge in [-0.15, -0.1) is 0 Å². The van der Waals surface area contributed by atoms with Crippen LogP contribution in [0.1, 0.15) is 0 Å². The van der Waals surface area contributed by atoms with Crippen molar-refractivity contribution >= 4 is 27.8 Å². The first-order chi connectivity index (χ1) is 23.8. The van der Waals surface area contributed by atoms with E-state index in [1.807, 2.05) is 12.1 Å². The molecule has 0 amide bonds. The summed E-state index contributed by atoms with van der Waals surface area (Å²) in [4.78, 5) is 2.33. The molecule has 0 N–H and O–H groups in total. The lowest BCUT2D eigenvalue weighted by molar-refractivity contribution is 0.487. The number of rotatable bonds is 6. The first kappa shape index (κ1) is 27.9. The van der Waals surface area contributed by atoms with Gasteiger partial charge in [0.25, 0.3) is 0 Å². The van der Waals surface area contributed by atoms with Crippen LogP contribution in [0.25, 0.3) is 55.3 Å². The van der Waals surface area contributed by atoms with Crippen LogP contribution in [0.4, 0.5) is 17.1 Å². The monoisotopic (exact) mass is 613 g/mol. The molecule has 226 valence electrons. The van der Waals surface area contributed by atoms with E-state index in [1.54, 1.807) is 0 Å². The number of fused-ring (bicyclic) bond motifs is 2. The molecule has 0 bridgehead atoms. The van der Waals surface area contributed by atoms with Crippen molar-refractivity contribution in [2.75, 3.05) is 4.90 Å². The summed E-state index contributed by atoms with van der Waals surface area (Å²) in [5.41, 5.74) is 12.8. The largest absolute Gasteiger partial charge is 0.456 e. The van der Waals surface area contributed by atoms with Gasteiger partial charge in [0.05, 0.1) is 0 Å². The van der Waals surface area contributed by atoms with Gasteiger partial charge in [-0.05, 0) is 92.9 Å². The second-order valence-electron chi connectivity index (χ2n) is 12.1. The summed E-state index contributed by atoms with van der Waals surface area (Å²) in [5.74, 6) is 1.81. The Morgan fingerprint density at radius 2 is 0.750 bits per heavy atom. The molecule has 48 heavy (non-hydrogen) atoms. The first-order valence-electron chi connectivity index (χ1n) is 16.3. The Bertz CT molecular complexity index is 2300. The van der Waals surface area contributed by atoms with E-state index < -0.39 is 0 Å². The third-order valence-corrected chi connectivity index (χ3v) is 9.30. The fourth-order valence-electron chi connectivity index (χ4n) is 6.94. The average molecular weight is 614 g/mol. The second kappa shape index (κ2) is 11.8. The first-order valence-corrected chi connectivity index (χ1v) is 16.3. The molecule has 0 fully saturated rings. The molecule has 0 aliphatic carbocycles. The maximum atomic E-state index is 6.36. The molecule has 1 aliphatic rings. The molecular weight excluding hydrogens is 583 g/mol. The zero-order valence-electron chi connectivity index (χ0n) is 26.3. The van der Waals surface area contributed by atoms with Crippen molar-refractivity contribution in [1.29, 1.82) is 0 Å². The highest BCUT2D eigenvalue weighted by atomic mass is 16.5. The van der Waals surface area contributed by atoms with Gasteiger partial charge in [0.15, 0.2) is 0 Å². The zero-order chi connectivity index (χ0) is 31.9. The fraction of sp³-hybridized carbons (Fsp3) is 0. The van der Waals surface area contributed by atoms with E-state index in [9.17, 15) is 0 Å². The number of hydrogen-bond acceptors (Lipinski definition) is 2. The summed E-state index contributed by atoms with van der Waals surface area (Å²) in [7, 11) is 0.